The lowest BCUT2D eigenvalue weighted by molar-refractivity contribution is 0.443. The van der Waals surface area contributed by atoms with E-state index in [1.54, 1.807) is 0 Å². The molecule has 0 heterocycles. The van der Waals surface area contributed by atoms with Gasteiger partial charge in [-0.3, -0.25) is 0 Å². The first-order chi connectivity index (χ1) is 54.1. The Bertz CT molecular complexity index is 3590. The summed E-state index contributed by atoms with van der Waals surface area (Å²) in [6.45, 7) is 37.6. The van der Waals surface area contributed by atoms with Gasteiger partial charge in [-0.25, -0.2) is 0 Å². The second-order valence-electron chi connectivity index (χ2n) is 39.3. The van der Waals surface area contributed by atoms with Crippen molar-refractivity contribution in [1.29, 1.82) is 0 Å². The molecule has 7 N–H and O–H groups in total. The second-order valence-corrected chi connectivity index (χ2v) is 39.3. The Kier molecular flexibility index (Phi) is 28.5. The first-order valence-electron chi connectivity index (χ1n) is 45.8. The van der Waals surface area contributed by atoms with Gasteiger partial charge in [-0.1, -0.05) is 245 Å². The zero-order valence-corrected chi connectivity index (χ0v) is 72.7. The molecule has 7 heteroatoms. The van der Waals surface area contributed by atoms with Crippen molar-refractivity contribution in [3.8, 4) is 40.2 Å². The van der Waals surface area contributed by atoms with Crippen LogP contribution in [0.1, 0.15) is 420 Å². The fraction of sp³-hybridized carbons (Fsp3) is 0.604. The normalized spacial score (nSPS) is 21.3. The Morgan fingerprint density at radius 3 is 0.310 bits per heavy atom. The van der Waals surface area contributed by atoms with Gasteiger partial charge in [0.15, 0.2) is 0 Å². The van der Waals surface area contributed by atoms with Crippen LogP contribution in [0.5, 0.6) is 40.2 Å². The van der Waals surface area contributed by atoms with Crippen LogP contribution < -0.4 is 0 Å². The second kappa shape index (κ2) is 37.6. The molecular formula is C106H148O7. The van der Waals surface area contributed by atoms with Crippen LogP contribution in [0.3, 0.4) is 0 Å². The fourth-order valence-corrected chi connectivity index (χ4v) is 18.9. The van der Waals surface area contributed by atoms with Crippen LogP contribution in [0.2, 0.25) is 0 Å². The molecule has 11 saturated carbocycles. The Labute approximate surface area is 684 Å². The zero-order valence-electron chi connectivity index (χ0n) is 72.7. The van der Waals surface area contributed by atoms with E-state index in [0.717, 1.165) is 98.5 Å². The van der Waals surface area contributed by atoms with Crippen LogP contribution in [-0.4, -0.2) is 35.7 Å². The number of aromatic hydroxyl groups is 7. The van der Waals surface area contributed by atoms with Gasteiger partial charge in [0.2, 0.25) is 0 Å². The minimum Gasteiger partial charge on any atom is -0.507 e. The average molecular weight is 1530 g/mol. The number of para-hydroxylation sites is 7. The summed E-state index contributed by atoms with van der Waals surface area (Å²) >= 11 is 0. The van der Waals surface area contributed by atoms with Crippen LogP contribution in [0.4, 0.5) is 0 Å². The summed E-state index contributed by atoms with van der Waals surface area (Å²) in [6, 6.07) is 43.9. The van der Waals surface area contributed by atoms with E-state index in [4.69, 9.17) is 0 Å². The predicted octanol–water partition coefficient (Wildman–Crippen LogP) is 29.8. The van der Waals surface area contributed by atoms with Gasteiger partial charge >= 0.3 is 0 Å². The van der Waals surface area contributed by atoms with E-state index in [9.17, 15) is 35.7 Å². The van der Waals surface area contributed by atoms with Gasteiger partial charge in [-0.05, 0) is 367 Å². The van der Waals surface area contributed by atoms with Gasteiger partial charge in [-0.15, -0.1) is 0 Å². The molecule has 0 radical (unpaired) electrons. The van der Waals surface area contributed by atoms with Gasteiger partial charge in [0.25, 0.3) is 0 Å². The van der Waals surface area contributed by atoms with Crippen LogP contribution >= 0.6 is 0 Å². The minimum absolute atomic E-state index is 0.399. The van der Waals surface area contributed by atoms with Gasteiger partial charge in [-0.2, -0.15) is 0 Å². The van der Waals surface area contributed by atoms with Gasteiger partial charge in [0.1, 0.15) is 40.2 Å². The largest absolute Gasteiger partial charge is 0.507 e. The summed E-state index contributed by atoms with van der Waals surface area (Å²) in [5.74, 6) is 19.9. The molecule has 0 saturated heterocycles. The lowest BCUT2D eigenvalue weighted by Crippen LogP contribution is -2.02. The molecule has 614 valence electrons. The molecule has 11 atom stereocenters. The van der Waals surface area contributed by atoms with Crippen molar-refractivity contribution in [2.45, 2.75) is 342 Å². The molecule has 11 fully saturated rings. The zero-order chi connectivity index (χ0) is 81.0. The summed E-state index contributed by atoms with van der Waals surface area (Å²) < 4.78 is 0. The topological polar surface area (TPSA) is 142 Å². The number of rotatable bonds is 25. The standard InChI is InChI=1S/4C16H22O.3C14H20O/c4*1-10(12-6-7-12)14-4-3-5-15(16(14)17)11(2)13-8-9-13;3*1-9(2)12-5-4-6-13(14(12)15)10(3)11-7-8-11/h4*3-5,10-13,17H,6-9H2,1-2H3;3*4-6,9-11,15H,7-8H2,1-3H3/t10-,11+;2*10-,11-;;2*10-;/m.10.10./s1. The van der Waals surface area contributed by atoms with Crippen LogP contribution in [0.25, 0.3) is 0 Å². The molecule has 7 aromatic carbocycles. The van der Waals surface area contributed by atoms with E-state index in [1.807, 2.05) is 18.2 Å². The average Bonchev–Trinajstić information content (AvgIpc) is 1.66. The smallest absolute Gasteiger partial charge is 0.122 e. The maximum atomic E-state index is 10.5. The lowest BCUT2D eigenvalue weighted by atomic mass is 9.88. The highest BCUT2D eigenvalue weighted by Gasteiger charge is 2.40. The van der Waals surface area contributed by atoms with E-state index in [-0.39, 0.29) is 0 Å². The van der Waals surface area contributed by atoms with Crippen LogP contribution in [0, 0.1) is 65.1 Å². The summed E-state index contributed by atoms with van der Waals surface area (Å²) in [6.07, 6.45) is 29.3. The first-order valence-corrected chi connectivity index (χ1v) is 45.8. The third kappa shape index (κ3) is 22.3. The molecule has 0 aromatic heterocycles. The van der Waals surface area contributed by atoms with Gasteiger partial charge in [0.05, 0.1) is 0 Å². The van der Waals surface area contributed by atoms with Crippen molar-refractivity contribution < 1.29 is 35.7 Å². The van der Waals surface area contributed by atoms with Crippen molar-refractivity contribution in [2.75, 3.05) is 0 Å². The monoisotopic (exact) mass is 1530 g/mol. The Morgan fingerprint density at radius 2 is 0.230 bits per heavy atom. The number of phenols is 7. The lowest BCUT2D eigenvalue weighted by Gasteiger charge is -2.18. The van der Waals surface area contributed by atoms with E-state index < -0.39 is 0 Å². The third-order valence-electron chi connectivity index (χ3n) is 29.6. The Hall–Kier alpha value is -6.86. The van der Waals surface area contributed by atoms with E-state index in [1.165, 1.54) is 186 Å². The van der Waals surface area contributed by atoms with E-state index >= 15 is 0 Å². The van der Waals surface area contributed by atoms with E-state index in [0.29, 0.717) is 123 Å². The summed E-state index contributed by atoms with van der Waals surface area (Å²) in [7, 11) is 0. The van der Waals surface area contributed by atoms with Crippen LogP contribution in [0.15, 0.2) is 127 Å². The van der Waals surface area contributed by atoms with Gasteiger partial charge < -0.3 is 35.7 Å². The Morgan fingerprint density at radius 1 is 0.150 bits per heavy atom. The Balaban J connectivity index is 0.000000122. The van der Waals surface area contributed by atoms with Crippen molar-refractivity contribution in [1.82, 2.24) is 0 Å². The van der Waals surface area contributed by atoms with Crippen LogP contribution in [-0.2, 0) is 0 Å². The SMILES string of the molecule is CC(C)c1cccc(C(C)C2CC2)c1O.CC(C)c1cccc([C@@H](C)C2CC2)c1O.CC(C)c1cccc([C@H](C)C2CC2)c1O.CC(c1cccc(C(C)C2CC2)c1O)C1CC1.C[C@@H](c1cccc([C@H](C)C2CC2)c1O)C1CC1.C[C@H](c1cccc([C@@H](C)C2CC2)c1O)C1CC1.C[C@H](c1cccc([C@H](C)C2CC2)c1O)C1CC1. The molecular weight excluding hydrogens is 1390 g/mol. The quantitative estimate of drug-likeness (QED) is 0.0302. The molecule has 11 aliphatic carbocycles. The molecule has 0 aliphatic heterocycles. The molecule has 7 aromatic rings. The highest BCUT2D eigenvalue weighted by molar-refractivity contribution is 5.51. The summed E-state index contributed by atoms with van der Waals surface area (Å²) in [5.41, 5.74) is 16.1. The highest BCUT2D eigenvalue weighted by atomic mass is 16.3. The molecule has 113 heavy (non-hydrogen) atoms. The highest BCUT2D eigenvalue weighted by Crippen LogP contribution is 2.56. The maximum Gasteiger partial charge on any atom is 0.122 e. The maximum absolute atomic E-state index is 10.5. The molecule has 3 unspecified atom stereocenters. The van der Waals surface area contributed by atoms with Crippen molar-refractivity contribution in [3.05, 3.63) is 205 Å². The third-order valence-corrected chi connectivity index (χ3v) is 29.6. The number of phenolic OH excluding ortho intramolecular Hbond substituents is 7. The first kappa shape index (κ1) is 85.5. The molecule has 0 bridgehead atoms. The van der Waals surface area contributed by atoms with Crippen molar-refractivity contribution in [3.63, 3.8) is 0 Å². The van der Waals surface area contributed by atoms with Gasteiger partial charge in [0, 0.05) is 0 Å². The molecule has 0 amide bonds. The van der Waals surface area contributed by atoms with Crippen molar-refractivity contribution >= 4 is 0 Å². The number of hydrogen-bond donors (Lipinski definition) is 7. The summed E-state index contributed by atoms with van der Waals surface area (Å²) in [4.78, 5) is 0. The fourth-order valence-electron chi connectivity index (χ4n) is 18.9. The van der Waals surface area contributed by atoms with Crippen molar-refractivity contribution in [2.24, 2.45) is 65.1 Å². The number of hydrogen-bond acceptors (Lipinski definition) is 7. The summed E-state index contributed by atoms with van der Waals surface area (Å²) in [5, 5.41) is 72.6. The molecule has 11 aliphatic rings. The number of benzene rings is 7. The van der Waals surface area contributed by atoms with E-state index in [2.05, 4.69) is 227 Å². The predicted molar refractivity (Wildman–Crippen MR) is 472 cm³/mol. The minimum atomic E-state index is 0.399. The molecule has 18 rings (SSSR count). The molecule has 0 spiro atoms. The molecule has 7 nitrogen and oxygen atoms in total.